The molecule has 0 radical (unpaired) electrons. The number of hydrogen-bond acceptors (Lipinski definition) is 3. The number of hydrogen-bond donors (Lipinski definition) is 0. The molecule has 0 aliphatic heterocycles. The van der Waals surface area contributed by atoms with Crippen molar-refractivity contribution in [2.45, 2.75) is 9.92 Å². The number of benzene rings is 1. The summed E-state index contributed by atoms with van der Waals surface area (Å²) in [6.45, 7) is 0. The van der Waals surface area contributed by atoms with Crippen LogP contribution < -0.4 is 0 Å². The van der Waals surface area contributed by atoms with Crippen LogP contribution in [0.3, 0.4) is 0 Å². The standard InChI is InChI=1S/C10H5Cl2FN2S/c11-6-3-1-2-4-8(6)16-9-7(13)5-14-10(12)15-9/h1-5H. The molecule has 2 rings (SSSR count). The largest absolute Gasteiger partial charge is 0.223 e. The molecule has 0 spiro atoms. The van der Waals surface area contributed by atoms with Crippen LogP contribution in [0.1, 0.15) is 0 Å². The van der Waals surface area contributed by atoms with E-state index in [1.807, 2.05) is 6.07 Å². The zero-order valence-electron chi connectivity index (χ0n) is 7.82. The highest BCUT2D eigenvalue weighted by Gasteiger charge is 2.09. The van der Waals surface area contributed by atoms with Gasteiger partial charge in [-0.2, -0.15) is 0 Å². The van der Waals surface area contributed by atoms with Crippen molar-refractivity contribution in [3.63, 3.8) is 0 Å². The second kappa shape index (κ2) is 4.99. The van der Waals surface area contributed by atoms with Crippen molar-refractivity contribution < 1.29 is 4.39 Å². The Morgan fingerprint density at radius 3 is 2.69 bits per heavy atom. The zero-order valence-corrected chi connectivity index (χ0v) is 10.2. The maximum Gasteiger partial charge on any atom is 0.223 e. The van der Waals surface area contributed by atoms with Crippen LogP contribution in [0.15, 0.2) is 40.4 Å². The van der Waals surface area contributed by atoms with E-state index in [1.54, 1.807) is 18.2 Å². The molecule has 1 aromatic heterocycles. The molecule has 1 aromatic carbocycles. The second-order valence-electron chi connectivity index (χ2n) is 2.82. The lowest BCUT2D eigenvalue weighted by Crippen LogP contribution is -1.90. The first-order valence-corrected chi connectivity index (χ1v) is 5.84. The lowest BCUT2D eigenvalue weighted by Gasteiger charge is -2.03. The molecule has 0 aliphatic carbocycles. The third-order valence-corrected chi connectivity index (χ3v) is 3.41. The minimum Gasteiger partial charge on any atom is -0.223 e. The van der Waals surface area contributed by atoms with Crippen LogP contribution in [0.2, 0.25) is 10.3 Å². The minimum atomic E-state index is -0.519. The lowest BCUT2D eigenvalue weighted by molar-refractivity contribution is 0.579. The Kier molecular flexibility index (Phi) is 3.63. The zero-order chi connectivity index (χ0) is 11.5. The summed E-state index contributed by atoms with van der Waals surface area (Å²) in [5, 5.41) is 0.714. The topological polar surface area (TPSA) is 25.8 Å². The molecule has 0 saturated carbocycles. The highest BCUT2D eigenvalue weighted by molar-refractivity contribution is 7.99. The number of rotatable bonds is 2. The summed E-state index contributed by atoms with van der Waals surface area (Å²) in [7, 11) is 0. The molecule has 82 valence electrons. The summed E-state index contributed by atoms with van der Waals surface area (Å²) in [6.07, 6.45) is 1.04. The van der Waals surface area contributed by atoms with Crippen LogP contribution in [0.4, 0.5) is 4.39 Å². The van der Waals surface area contributed by atoms with Gasteiger partial charge < -0.3 is 0 Å². The molecule has 0 N–H and O–H groups in total. The van der Waals surface area contributed by atoms with Crippen molar-refractivity contribution in [1.82, 2.24) is 9.97 Å². The highest BCUT2D eigenvalue weighted by atomic mass is 35.5. The Hall–Kier alpha value is -0.840. The third kappa shape index (κ3) is 2.64. The van der Waals surface area contributed by atoms with Crippen LogP contribution in [-0.2, 0) is 0 Å². The SMILES string of the molecule is Fc1cnc(Cl)nc1Sc1ccccc1Cl. The fraction of sp³-hybridized carbons (Fsp3) is 0. The lowest BCUT2D eigenvalue weighted by atomic mass is 10.4. The van der Waals surface area contributed by atoms with E-state index in [0.29, 0.717) is 5.02 Å². The van der Waals surface area contributed by atoms with Gasteiger partial charge in [-0.1, -0.05) is 35.5 Å². The summed E-state index contributed by atoms with van der Waals surface area (Å²) in [6, 6.07) is 7.12. The first-order valence-electron chi connectivity index (χ1n) is 4.27. The summed E-state index contributed by atoms with van der Waals surface area (Å²) in [5.74, 6) is -0.519. The van der Waals surface area contributed by atoms with E-state index >= 15 is 0 Å². The number of aromatic nitrogens is 2. The van der Waals surface area contributed by atoms with E-state index < -0.39 is 5.82 Å². The van der Waals surface area contributed by atoms with E-state index in [2.05, 4.69) is 9.97 Å². The molecule has 0 fully saturated rings. The Balaban J connectivity index is 2.34. The molecule has 1 heterocycles. The number of halogens is 3. The van der Waals surface area contributed by atoms with Gasteiger partial charge in [0.15, 0.2) is 5.82 Å². The monoisotopic (exact) mass is 274 g/mol. The van der Waals surface area contributed by atoms with E-state index in [0.717, 1.165) is 22.9 Å². The summed E-state index contributed by atoms with van der Waals surface area (Å²) in [4.78, 5) is 8.05. The average Bonchev–Trinajstić information content (AvgIpc) is 2.27. The van der Waals surface area contributed by atoms with Gasteiger partial charge in [-0.3, -0.25) is 0 Å². The first kappa shape index (κ1) is 11.6. The molecule has 16 heavy (non-hydrogen) atoms. The van der Waals surface area contributed by atoms with Crippen molar-refractivity contribution in [2.24, 2.45) is 0 Å². The average molecular weight is 275 g/mol. The smallest absolute Gasteiger partial charge is 0.223 e. The van der Waals surface area contributed by atoms with Gasteiger partial charge in [0.05, 0.1) is 11.2 Å². The van der Waals surface area contributed by atoms with Gasteiger partial charge in [-0.15, -0.1) is 0 Å². The molecule has 0 bridgehead atoms. The maximum atomic E-state index is 13.3. The fourth-order valence-electron chi connectivity index (χ4n) is 1.03. The predicted molar refractivity (Wildman–Crippen MR) is 62.6 cm³/mol. The normalized spacial score (nSPS) is 10.4. The van der Waals surface area contributed by atoms with E-state index in [9.17, 15) is 4.39 Å². The number of nitrogens with zero attached hydrogens (tertiary/aromatic N) is 2. The van der Waals surface area contributed by atoms with Crippen molar-refractivity contribution in [1.29, 1.82) is 0 Å². The fourth-order valence-corrected chi connectivity index (χ4v) is 2.27. The van der Waals surface area contributed by atoms with E-state index in [4.69, 9.17) is 23.2 Å². The molecular formula is C10H5Cl2FN2S. The summed E-state index contributed by atoms with van der Waals surface area (Å²) < 4.78 is 13.3. The molecule has 0 aliphatic rings. The Bertz CT molecular complexity index is 522. The molecule has 2 nitrogen and oxygen atoms in total. The Morgan fingerprint density at radius 2 is 1.94 bits per heavy atom. The Morgan fingerprint density at radius 1 is 1.19 bits per heavy atom. The summed E-state index contributed by atoms with van der Waals surface area (Å²) >= 11 is 12.6. The van der Waals surface area contributed by atoms with Crippen LogP contribution in [0.5, 0.6) is 0 Å². The van der Waals surface area contributed by atoms with Gasteiger partial charge in [0.25, 0.3) is 0 Å². The maximum absolute atomic E-state index is 13.3. The van der Waals surface area contributed by atoms with Crippen LogP contribution in [0.25, 0.3) is 0 Å². The van der Waals surface area contributed by atoms with Gasteiger partial charge in [-0.05, 0) is 23.7 Å². The van der Waals surface area contributed by atoms with E-state index in [1.165, 1.54) is 0 Å². The molecule has 6 heteroatoms. The first-order chi connectivity index (χ1) is 7.66. The van der Waals surface area contributed by atoms with Crippen molar-refractivity contribution in [2.75, 3.05) is 0 Å². The minimum absolute atomic E-state index is 0.0101. The molecule has 0 saturated heterocycles. The van der Waals surface area contributed by atoms with Crippen LogP contribution in [0, 0.1) is 5.82 Å². The van der Waals surface area contributed by atoms with Gasteiger partial charge >= 0.3 is 0 Å². The van der Waals surface area contributed by atoms with Gasteiger partial charge in [-0.25, -0.2) is 14.4 Å². The predicted octanol–water partition coefficient (Wildman–Crippen LogP) is 4.07. The molecule has 0 atom stereocenters. The second-order valence-corrected chi connectivity index (χ2v) is 4.60. The molecule has 2 aromatic rings. The van der Waals surface area contributed by atoms with Crippen LogP contribution in [-0.4, -0.2) is 9.97 Å². The highest BCUT2D eigenvalue weighted by Crippen LogP contribution is 2.33. The van der Waals surface area contributed by atoms with Crippen LogP contribution >= 0.6 is 35.0 Å². The van der Waals surface area contributed by atoms with Gasteiger partial charge in [0, 0.05) is 4.90 Å². The molecular weight excluding hydrogens is 270 g/mol. The van der Waals surface area contributed by atoms with Gasteiger partial charge in [0.2, 0.25) is 5.28 Å². The van der Waals surface area contributed by atoms with Crippen molar-refractivity contribution in [3.05, 3.63) is 46.6 Å². The summed E-state index contributed by atoms with van der Waals surface area (Å²) in [5.41, 5.74) is 0. The third-order valence-electron chi connectivity index (χ3n) is 1.73. The Labute approximate surface area is 106 Å². The molecule has 0 unspecified atom stereocenters. The van der Waals surface area contributed by atoms with E-state index in [-0.39, 0.29) is 10.3 Å². The molecule has 0 amide bonds. The van der Waals surface area contributed by atoms with Crippen molar-refractivity contribution in [3.8, 4) is 0 Å². The quantitative estimate of drug-likeness (QED) is 0.610. The van der Waals surface area contributed by atoms with Crippen molar-refractivity contribution >= 4 is 35.0 Å². The van der Waals surface area contributed by atoms with Gasteiger partial charge in [0.1, 0.15) is 5.03 Å².